The maximum absolute atomic E-state index is 9.21. The Morgan fingerprint density at radius 2 is 2.11 bits per heavy atom. The van der Waals surface area contributed by atoms with Gasteiger partial charge in [-0.05, 0) is 39.3 Å². The number of hydrogen-bond acceptors (Lipinski definition) is 5. The Morgan fingerprint density at radius 1 is 1.37 bits per heavy atom. The van der Waals surface area contributed by atoms with Gasteiger partial charge in [0.25, 0.3) is 0 Å². The van der Waals surface area contributed by atoms with Crippen LogP contribution in [0.1, 0.15) is 41.4 Å². The van der Waals surface area contributed by atoms with E-state index in [1.54, 1.807) is 6.20 Å². The average Bonchev–Trinajstić information content (AvgIpc) is 2.75. The molecule has 0 radical (unpaired) electrons. The molecule has 2 aromatic heterocycles. The molecular formula is C14H16N4O. The van der Waals surface area contributed by atoms with Gasteiger partial charge in [0, 0.05) is 5.69 Å². The van der Waals surface area contributed by atoms with Gasteiger partial charge in [0.1, 0.15) is 23.7 Å². The minimum Gasteiger partial charge on any atom is -0.444 e. The van der Waals surface area contributed by atoms with Gasteiger partial charge < -0.3 is 9.73 Å². The van der Waals surface area contributed by atoms with Crippen molar-refractivity contribution in [3.05, 3.63) is 40.7 Å². The van der Waals surface area contributed by atoms with Crippen LogP contribution in [0.2, 0.25) is 0 Å². The summed E-state index contributed by atoms with van der Waals surface area (Å²) in [7, 11) is 0. The molecule has 0 amide bonds. The fourth-order valence-electron chi connectivity index (χ4n) is 1.92. The number of pyridine rings is 1. The summed E-state index contributed by atoms with van der Waals surface area (Å²) in [5.41, 5.74) is 2.34. The SMILES string of the molecule is Cc1cc(C)c(C#N)c(NC(C)c2ncc(C)o2)n1. The number of nitrogens with one attached hydrogen (secondary N) is 1. The maximum atomic E-state index is 9.21. The molecule has 1 atom stereocenters. The lowest BCUT2D eigenvalue weighted by Crippen LogP contribution is -2.11. The van der Waals surface area contributed by atoms with Gasteiger partial charge in [0.2, 0.25) is 5.89 Å². The van der Waals surface area contributed by atoms with Gasteiger partial charge in [-0.2, -0.15) is 5.26 Å². The van der Waals surface area contributed by atoms with Crippen LogP contribution in [0.3, 0.4) is 0 Å². The second-order valence-corrected chi connectivity index (χ2v) is 4.59. The van der Waals surface area contributed by atoms with E-state index in [4.69, 9.17) is 4.42 Å². The lowest BCUT2D eigenvalue weighted by molar-refractivity contribution is 0.453. The fourth-order valence-corrected chi connectivity index (χ4v) is 1.92. The normalized spacial score (nSPS) is 11.9. The first-order chi connectivity index (χ1) is 9.01. The zero-order valence-corrected chi connectivity index (χ0v) is 11.5. The lowest BCUT2D eigenvalue weighted by atomic mass is 10.1. The topological polar surface area (TPSA) is 74.7 Å². The van der Waals surface area contributed by atoms with Crippen molar-refractivity contribution in [2.45, 2.75) is 33.7 Å². The Kier molecular flexibility index (Phi) is 3.52. The van der Waals surface area contributed by atoms with Crippen LogP contribution in [0.15, 0.2) is 16.7 Å². The second kappa shape index (κ2) is 5.11. The number of nitriles is 1. The second-order valence-electron chi connectivity index (χ2n) is 4.59. The molecule has 0 aliphatic heterocycles. The fraction of sp³-hybridized carbons (Fsp3) is 0.357. The molecule has 2 rings (SSSR count). The van der Waals surface area contributed by atoms with Crippen molar-refractivity contribution in [3.63, 3.8) is 0 Å². The number of aromatic nitrogens is 2. The highest BCUT2D eigenvalue weighted by Gasteiger charge is 2.15. The molecule has 2 heterocycles. The van der Waals surface area contributed by atoms with Crippen molar-refractivity contribution >= 4 is 5.82 Å². The number of hydrogen-bond donors (Lipinski definition) is 1. The van der Waals surface area contributed by atoms with E-state index in [-0.39, 0.29) is 6.04 Å². The quantitative estimate of drug-likeness (QED) is 0.913. The maximum Gasteiger partial charge on any atom is 0.216 e. The van der Waals surface area contributed by atoms with E-state index in [0.717, 1.165) is 17.0 Å². The first-order valence-electron chi connectivity index (χ1n) is 6.08. The standard InChI is InChI=1S/C14H16N4O/c1-8-5-9(2)17-13(12(8)6-15)18-11(4)14-16-7-10(3)19-14/h5,7,11H,1-4H3,(H,17,18). The third-order valence-electron chi connectivity index (χ3n) is 2.82. The number of oxazole rings is 1. The van der Waals surface area contributed by atoms with Crippen LogP contribution in [0.25, 0.3) is 0 Å². The van der Waals surface area contributed by atoms with Crippen molar-refractivity contribution in [2.24, 2.45) is 0 Å². The van der Waals surface area contributed by atoms with Gasteiger partial charge in [-0.1, -0.05) is 0 Å². The molecule has 0 aromatic carbocycles. The predicted molar refractivity (Wildman–Crippen MR) is 71.7 cm³/mol. The monoisotopic (exact) mass is 256 g/mol. The molecule has 1 unspecified atom stereocenters. The van der Waals surface area contributed by atoms with Crippen LogP contribution in [-0.2, 0) is 0 Å². The van der Waals surface area contributed by atoms with Crippen LogP contribution in [0.4, 0.5) is 5.82 Å². The Labute approximate surface area is 112 Å². The summed E-state index contributed by atoms with van der Waals surface area (Å²) in [5, 5.41) is 12.4. The van der Waals surface area contributed by atoms with E-state index in [1.165, 1.54) is 0 Å². The van der Waals surface area contributed by atoms with Crippen LogP contribution >= 0.6 is 0 Å². The van der Waals surface area contributed by atoms with Crippen LogP contribution in [0.5, 0.6) is 0 Å². The summed E-state index contributed by atoms with van der Waals surface area (Å²) < 4.78 is 5.47. The Balaban J connectivity index is 2.31. The zero-order chi connectivity index (χ0) is 14.0. The third-order valence-corrected chi connectivity index (χ3v) is 2.82. The average molecular weight is 256 g/mol. The summed E-state index contributed by atoms with van der Waals surface area (Å²) in [6, 6.07) is 3.93. The summed E-state index contributed by atoms with van der Waals surface area (Å²) in [6.45, 7) is 7.57. The molecule has 5 heteroatoms. The molecule has 19 heavy (non-hydrogen) atoms. The van der Waals surface area contributed by atoms with Crippen molar-refractivity contribution in [3.8, 4) is 6.07 Å². The first kappa shape index (κ1) is 13.1. The smallest absolute Gasteiger partial charge is 0.216 e. The molecule has 5 nitrogen and oxygen atoms in total. The zero-order valence-electron chi connectivity index (χ0n) is 11.5. The summed E-state index contributed by atoms with van der Waals surface area (Å²) in [6.07, 6.45) is 1.67. The highest BCUT2D eigenvalue weighted by Crippen LogP contribution is 2.23. The first-order valence-corrected chi connectivity index (χ1v) is 6.08. The Morgan fingerprint density at radius 3 is 2.68 bits per heavy atom. The van der Waals surface area contributed by atoms with Gasteiger partial charge in [-0.15, -0.1) is 0 Å². The minimum atomic E-state index is -0.144. The van der Waals surface area contributed by atoms with Crippen molar-refractivity contribution in [1.82, 2.24) is 9.97 Å². The van der Waals surface area contributed by atoms with Gasteiger partial charge in [-0.25, -0.2) is 9.97 Å². The van der Waals surface area contributed by atoms with Gasteiger partial charge in [0.15, 0.2) is 0 Å². The van der Waals surface area contributed by atoms with Crippen LogP contribution in [-0.4, -0.2) is 9.97 Å². The van der Waals surface area contributed by atoms with E-state index in [0.29, 0.717) is 17.3 Å². The predicted octanol–water partition coefficient (Wildman–Crippen LogP) is 3.04. The minimum absolute atomic E-state index is 0.144. The van der Waals surface area contributed by atoms with Crippen molar-refractivity contribution in [2.75, 3.05) is 5.32 Å². The van der Waals surface area contributed by atoms with E-state index in [1.807, 2.05) is 33.8 Å². The van der Waals surface area contributed by atoms with E-state index < -0.39 is 0 Å². The largest absolute Gasteiger partial charge is 0.444 e. The van der Waals surface area contributed by atoms with Crippen molar-refractivity contribution in [1.29, 1.82) is 5.26 Å². The van der Waals surface area contributed by atoms with Gasteiger partial charge in [0.05, 0.1) is 11.8 Å². The summed E-state index contributed by atoms with van der Waals surface area (Å²) in [4.78, 5) is 8.55. The highest BCUT2D eigenvalue weighted by atomic mass is 16.4. The Bertz CT molecular complexity index is 639. The molecule has 1 N–H and O–H groups in total. The summed E-state index contributed by atoms with van der Waals surface area (Å²) in [5.74, 6) is 1.92. The summed E-state index contributed by atoms with van der Waals surface area (Å²) >= 11 is 0. The number of aryl methyl sites for hydroxylation is 3. The lowest BCUT2D eigenvalue weighted by Gasteiger charge is -2.14. The van der Waals surface area contributed by atoms with E-state index in [9.17, 15) is 5.26 Å². The number of anilines is 1. The molecule has 2 aromatic rings. The number of nitrogens with zero attached hydrogens (tertiary/aromatic N) is 3. The third kappa shape index (κ3) is 2.74. The Hall–Kier alpha value is -2.35. The number of rotatable bonds is 3. The van der Waals surface area contributed by atoms with E-state index >= 15 is 0 Å². The van der Waals surface area contributed by atoms with Crippen LogP contribution in [0, 0.1) is 32.1 Å². The molecule has 0 aliphatic carbocycles. The van der Waals surface area contributed by atoms with Gasteiger partial charge in [-0.3, -0.25) is 0 Å². The molecule has 0 saturated heterocycles. The van der Waals surface area contributed by atoms with Crippen LogP contribution < -0.4 is 5.32 Å². The molecule has 0 fully saturated rings. The molecular weight excluding hydrogens is 240 g/mol. The van der Waals surface area contributed by atoms with Gasteiger partial charge >= 0.3 is 0 Å². The molecule has 0 spiro atoms. The molecule has 98 valence electrons. The van der Waals surface area contributed by atoms with Crippen molar-refractivity contribution < 1.29 is 4.42 Å². The molecule has 0 bridgehead atoms. The van der Waals surface area contributed by atoms with E-state index in [2.05, 4.69) is 21.4 Å². The molecule has 0 aliphatic rings. The molecule has 0 saturated carbocycles. The highest BCUT2D eigenvalue weighted by molar-refractivity contribution is 5.56.